The van der Waals surface area contributed by atoms with Crippen LogP contribution in [0.25, 0.3) is 22.6 Å². The zero-order valence-corrected chi connectivity index (χ0v) is 12.7. The molecule has 3 N–H and O–H groups in total. The summed E-state index contributed by atoms with van der Waals surface area (Å²) < 4.78 is 11.1. The molecule has 2 aromatic carbocycles. The van der Waals surface area contributed by atoms with Crippen LogP contribution < -0.4 is 10.1 Å². The Balaban J connectivity index is 1.93. The summed E-state index contributed by atoms with van der Waals surface area (Å²) in [4.78, 5) is 4.47. The summed E-state index contributed by atoms with van der Waals surface area (Å²) in [6.45, 7) is -0.0932. The minimum Gasteiger partial charge on any atom is -0.495 e. The molecule has 0 aliphatic carbocycles. The number of aliphatic hydroxyl groups excluding tert-OH is 2. The van der Waals surface area contributed by atoms with Crippen LogP contribution in [-0.2, 0) is 0 Å². The summed E-state index contributed by atoms with van der Waals surface area (Å²) in [7, 11) is 1.57. The molecule has 120 valence electrons. The van der Waals surface area contributed by atoms with Crippen LogP contribution >= 0.6 is 0 Å². The van der Waals surface area contributed by atoms with Crippen molar-refractivity contribution in [2.24, 2.45) is 0 Å². The fraction of sp³-hybridized carbons (Fsp3) is 0.235. The van der Waals surface area contributed by atoms with Gasteiger partial charge in [-0.2, -0.15) is 0 Å². The third kappa shape index (κ3) is 3.28. The van der Waals surface area contributed by atoms with E-state index in [9.17, 15) is 5.11 Å². The minimum atomic E-state index is -0.840. The van der Waals surface area contributed by atoms with Crippen LogP contribution in [0.3, 0.4) is 0 Å². The quantitative estimate of drug-likeness (QED) is 0.647. The smallest absolute Gasteiger partial charge is 0.227 e. The van der Waals surface area contributed by atoms with Crippen molar-refractivity contribution in [3.05, 3.63) is 42.5 Å². The van der Waals surface area contributed by atoms with Crippen LogP contribution in [0.5, 0.6) is 5.75 Å². The molecule has 0 bridgehead atoms. The van der Waals surface area contributed by atoms with Crippen molar-refractivity contribution in [3.63, 3.8) is 0 Å². The maximum absolute atomic E-state index is 9.48. The van der Waals surface area contributed by atoms with E-state index in [0.29, 0.717) is 17.3 Å². The first-order chi connectivity index (χ1) is 11.2. The predicted molar refractivity (Wildman–Crippen MR) is 87.6 cm³/mol. The number of nitrogens with one attached hydrogen (secondary N) is 1. The molecule has 0 radical (unpaired) electrons. The molecule has 0 spiro atoms. The van der Waals surface area contributed by atoms with Crippen LogP contribution in [0.1, 0.15) is 0 Å². The Bertz CT molecular complexity index is 767. The van der Waals surface area contributed by atoms with Crippen LogP contribution in [0.15, 0.2) is 46.9 Å². The molecule has 0 aliphatic heterocycles. The highest BCUT2D eigenvalue weighted by molar-refractivity contribution is 5.77. The van der Waals surface area contributed by atoms with Crippen LogP contribution in [-0.4, -0.2) is 41.6 Å². The van der Waals surface area contributed by atoms with Gasteiger partial charge in [0.15, 0.2) is 5.58 Å². The molecule has 0 saturated heterocycles. The van der Waals surface area contributed by atoms with Gasteiger partial charge in [0.05, 0.1) is 25.5 Å². The summed E-state index contributed by atoms with van der Waals surface area (Å²) in [5.74, 6) is 1.15. The maximum Gasteiger partial charge on any atom is 0.227 e. The molecule has 0 saturated carbocycles. The zero-order valence-electron chi connectivity index (χ0n) is 12.7. The fourth-order valence-electron chi connectivity index (χ4n) is 2.27. The van der Waals surface area contributed by atoms with Crippen molar-refractivity contribution >= 4 is 16.8 Å². The van der Waals surface area contributed by atoms with E-state index in [1.165, 1.54) is 0 Å². The molecule has 1 atom stereocenters. The van der Waals surface area contributed by atoms with E-state index < -0.39 is 6.10 Å². The lowest BCUT2D eigenvalue weighted by Gasteiger charge is -2.14. The minimum absolute atomic E-state index is 0.212. The molecule has 1 aromatic heterocycles. The number of para-hydroxylation sites is 2. The molecule has 6 heteroatoms. The second kappa shape index (κ2) is 6.68. The van der Waals surface area contributed by atoms with E-state index in [0.717, 1.165) is 16.7 Å². The average molecular weight is 314 g/mol. The highest BCUT2D eigenvalue weighted by Gasteiger charge is 2.12. The van der Waals surface area contributed by atoms with Crippen LogP contribution in [0.2, 0.25) is 0 Å². The van der Waals surface area contributed by atoms with Gasteiger partial charge < -0.3 is 24.7 Å². The molecular weight excluding hydrogens is 296 g/mol. The Kier molecular flexibility index (Phi) is 4.45. The molecule has 0 amide bonds. The molecule has 23 heavy (non-hydrogen) atoms. The molecule has 0 fully saturated rings. The SMILES string of the molecule is COc1ccc(-c2nc3ccccc3o2)cc1NCC(O)CO. The lowest BCUT2D eigenvalue weighted by atomic mass is 10.1. The Morgan fingerprint density at radius 2 is 2.09 bits per heavy atom. The van der Waals surface area contributed by atoms with E-state index >= 15 is 0 Å². The zero-order chi connectivity index (χ0) is 16.2. The normalized spacial score (nSPS) is 12.3. The Labute approximate surface area is 133 Å². The van der Waals surface area contributed by atoms with Gasteiger partial charge in [0.2, 0.25) is 5.89 Å². The van der Waals surface area contributed by atoms with Gasteiger partial charge in [-0.05, 0) is 30.3 Å². The van der Waals surface area contributed by atoms with Gasteiger partial charge in [0.25, 0.3) is 0 Å². The number of aliphatic hydroxyl groups is 2. The molecule has 0 aliphatic rings. The molecule has 1 heterocycles. The van der Waals surface area contributed by atoms with Crippen LogP contribution in [0.4, 0.5) is 5.69 Å². The number of benzene rings is 2. The number of hydrogen-bond donors (Lipinski definition) is 3. The first-order valence-corrected chi connectivity index (χ1v) is 7.28. The molecule has 3 aromatic rings. The monoisotopic (exact) mass is 314 g/mol. The van der Waals surface area contributed by atoms with Gasteiger partial charge in [-0.25, -0.2) is 4.98 Å². The second-order valence-corrected chi connectivity index (χ2v) is 5.12. The third-order valence-corrected chi connectivity index (χ3v) is 3.48. The number of anilines is 1. The first kappa shape index (κ1) is 15.3. The summed E-state index contributed by atoms with van der Waals surface area (Å²) in [5, 5.41) is 21.4. The fourth-order valence-corrected chi connectivity index (χ4v) is 2.27. The molecule has 1 unspecified atom stereocenters. The Morgan fingerprint density at radius 1 is 1.26 bits per heavy atom. The van der Waals surface area contributed by atoms with Crippen molar-refractivity contribution in [1.29, 1.82) is 0 Å². The molecule has 3 rings (SSSR count). The van der Waals surface area contributed by atoms with Crippen LogP contribution in [0, 0.1) is 0 Å². The van der Waals surface area contributed by atoms with Gasteiger partial charge in [-0.3, -0.25) is 0 Å². The molecule has 6 nitrogen and oxygen atoms in total. The Hall–Kier alpha value is -2.57. The average Bonchev–Trinajstić information content (AvgIpc) is 3.03. The van der Waals surface area contributed by atoms with Crippen molar-refractivity contribution in [2.45, 2.75) is 6.10 Å². The number of rotatable bonds is 6. The van der Waals surface area contributed by atoms with E-state index in [2.05, 4.69) is 10.3 Å². The number of aromatic nitrogens is 1. The summed E-state index contributed by atoms with van der Waals surface area (Å²) in [6, 6.07) is 13.1. The number of methoxy groups -OCH3 is 1. The first-order valence-electron chi connectivity index (χ1n) is 7.28. The van der Waals surface area contributed by atoms with Gasteiger partial charge >= 0.3 is 0 Å². The summed E-state index contributed by atoms with van der Waals surface area (Å²) >= 11 is 0. The molecular formula is C17H18N2O4. The van der Waals surface area contributed by atoms with Gasteiger partial charge in [0.1, 0.15) is 11.3 Å². The second-order valence-electron chi connectivity index (χ2n) is 5.12. The standard InChI is InChI=1S/C17H18N2O4/c1-22-15-7-6-11(8-14(15)18-9-12(21)10-20)17-19-13-4-2-3-5-16(13)23-17/h2-8,12,18,20-21H,9-10H2,1H3. The number of nitrogens with zero attached hydrogens (tertiary/aromatic N) is 1. The van der Waals surface area contributed by atoms with Crippen molar-refractivity contribution in [3.8, 4) is 17.2 Å². The third-order valence-electron chi connectivity index (χ3n) is 3.48. The number of hydrogen-bond acceptors (Lipinski definition) is 6. The highest BCUT2D eigenvalue weighted by atomic mass is 16.5. The van der Waals surface area contributed by atoms with E-state index in [1.807, 2.05) is 36.4 Å². The lowest BCUT2D eigenvalue weighted by Crippen LogP contribution is -2.23. The number of fused-ring (bicyclic) bond motifs is 1. The maximum atomic E-state index is 9.48. The highest BCUT2D eigenvalue weighted by Crippen LogP contribution is 2.31. The van der Waals surface area contributed by atoms with Gasteiger partial charge in [-0.15, -0.1) is 0 Å². The van der Waals surface area contributed by atoms with Crippen molar-refractivity contribution in [1.82, 2.24) is 4.98 Å². The number of oxazole rings is 1. The van der Waals surface area contributed by atoms with Gasteiger partial charge in [0, 0.05) is 12.1 Å². The summed E-state index contributed by atoms with van der Waals surface area (Å²) in [5.41, 5.74) is 3.01. The topological polar surface area (TPSA) is 87.8 Å². The number of ether oxygens (including phenoxy) is 1. The van der Waals surface area contributed by atoms with E-state index in [4.69, 9.17) is 14.3 Å². The van der Waals surface area contributed by atoms with Gasteiger partial charge in [-0.1, -0.05) is 12.1 Å². The van der Waals surface area contributed by atoms with E-state index in [-0.39, 0.29) is 13.2 Å². The largest absolute Gasteiger partial charge is 0.495 e. The van der Waals surface area contributed by atoms with Crippen molar-refractivity contribution in [2.75, 3.05) is 25.6 Å². The Morgan fingerprint density at radius 3 is 2.83 bits per heavy atom. The predicted octanol–water partition coefficient (Wildman–Crippen LogP) is 2.27. The summed E-state index contributed by atoms with van der Waals surface area (Å²) in [6.07, 6.45) is -0.840. The lowest BCUT2D eigenvalue weighted by molar-refractivity contribution is 0.105. The van der Waals surface area contributed by atoms with Crippen molar-refractivity contribution < 1.29 is 19.4 Å². The van der Waals surface area contributed by atoms with E-state index in [1.54, 1.807) is 13.2 Å².